The molecule has 0 aliphatic heterocycles. The van der Waals surface area contributed by atoms with Crippen molar-refractivity contribution in [2.45, 2.75) is 53.1 Å². The molecule has 6 nitrogen and oxygen atoms in total. The number of hydrogen-bond donors (Lipinski definition) is 1. The highest BCUT2D eigenvalue weighted by Gasteiger charge is 2.33. The molecule has 1 aliphatic carbocycles. The van der Waals surface area contributed by atoms with Crippen LogP contribution >= 0.6 is 0 Å². The number of aromatic nitrogens is 3. The Labute approximate surface area is 120 Å². The van der Waals surface area contributed by atoms with Crippen molar-refractivity contribution in [3.8, 4) is 12.0 Å². The van der Waals surface area contributed by atoms with Crippen molar-refractivity contribution in [2.24, 2.45) is 11.3 Å². The third kappa shape index (κ3) is 3.95. The summed E-state index contributed by atoms with van der Waals surface area (Å²) >= 11 is 0. The molecule has 6 heteroatoms. The Balaban J connectivity index is 2.09. The second-order valence-corrected chi connectivity index (χ2v) is 6.34. The summed E-state index contributed by atoms with van der Waals surface area (Å²) in [5.74, 6) is 0.760. The van der Waals surface area contributed by atoms with Crippen LogP contribution in [0.2, 0.25) is 0 Å². The number of nitrogens with zero attached hydrogens (tertiary/aromatic N) is 3. The summed E-state index contributed by atoms with van der Waals surface area (Å²) in [6.45, 7) is 9.14. The Morgan fingerprint density at radius 2 is 1.90 bits per heavy atom. The number of nitrogens with two attached hydrogens (primary N) is 1. The highest BCUT2D eigenvalue weighted by molar-refractivity contribution is 5.20. The van der Waals surface area contributed by atoms with Crippen LogP contribution in [0.1, 0.15) is 47.0 Å². The molecule has 0 spiro atoms. The molecule has 1 saturated carbocycles. The van der Waals surface area contributed by atoms with Crippen molar-refractivity contribution < 1.29 is 9.47 Å². The summed E-state index contributed by atoms with van der Waals surface area (Å²) in [6, 6.07) is 0.481. The van der Waals surface area contributed by atoms with Crippen LogP contribution in [0.15, 0.2) is 0 Å². The molecule has 1 aromatic heterocycles. The molecule has 0 aromatic carbocycles. The molecule has 0 radical (unpaired) electrons. The van der Waals surface area contributed by atoms with Crippen molar-refractivity contribution in [3.05, 3.63) is 0 Å². The molecule has 112 valence electrons. The summed E-state index contributed by atoms with van der Waals surface area (Å²) in [5, 5.41) is 0. The lowest BCUT2D eigenvalue weighted by Gasteiger charge is -2.38. The van der Waals surface area contributed by atoms with Crippen molar-refractivity contribution in [1.82, 2.24) is 15.0 Å². The van der Waals surface area contributed by atoms with Gasteiger partial charge in [-0.1, -0.05) is 20.8 Å². The molecule has 0 amide bonds. The monoisotopic (exact) mass is 280 g/mol. The topological polar surface area (TPSA) is 83.2 Å². The lowest BCUT2D eigenvalue weighted by atomic mass is 9.71. The van der Waals surface area contributed by atoms with Gasteiger partial charge in [0.2, 0.25) is 5.95 Å². The van der Waals surface area contributed by atoms with Crippen LogP contribution in [0.5, 0.6) is 12.0 Å². The zero-order chi connectivity index (χ0) is 14.8. The first-order chi connectivity index (χ1) is 9.38. The Morgan fingerprint density at radius 3 is 2.55 bits per heavy atom. The van der Waals surface area contributed by atoms with Crippen molar-refractivity contribution in [2.75, 3.05) is 12.3 Å². The second kappa shape index (κ2) is 5.81. The predicted octanol–water partition coefficient (Wildman–Crippen LogP) is 2.45. The van der Waals surface area contributed by atoms with E-state index in [0.717, 1.165) is 12.8 Å². The average Bonchev–Trinajstić information content (AvgIpc) is 2.24. The first-order valence-corrected chi connectivity index (χ1v) is 7.19. The molecule has 2 unspecified atom stereocenters. The van der Waals surface area contributed by atoms with Crippen molar-refractivity contribution in [1.29, 1.82) is 0 Å². The first-order valence-electron chi connectivity index (χ1n) is 7.19. The normalized spacial score (nSPS) is 25.2. The molecular formula is C14H24N4O2. The fourth-order valence-electron chi connectivity index (χ4n) is 3.10. The largest absolute Gasteiger partial charge is 0.464 e. The zero-order valence-electron chi connectivity index (χ0n) is 12.7. The average molecular weight is 280 g/mol. The van der Waals surface area contributed by atoms with Gasteiger partial charge in [0.05, 0.1) is 6.61 Å². The minimum atomic E-state index is 0.116. The molecule has 0 bridgehead atoms. The quantitative estimate of drug-likeness (QED) is 0.912. The highest BCUT2D eigenvalue weighted by Crippen LogP contribution is 2.39. The van der Waals surface area contributed by atoms with Gasteiger partial charge >= 0.3 is 12.0 Å². The van der Waals surface area contributed by atoms with Crippen LogP contribution in [-0.4, -0.2) is 27.7 Å². The van der Waals surface area contributed by atoms with E-state index in [9.17, 15) is 0 Å². The predicted molar refractivity (Wildman–Crippen MR) is 76.6 cm³/mol. The molecule has 0 saturated heterocycles. The third-order valence-electron chi connectivity index (χ3n) is 3.50. The summed E-state index contributed by atoms with van der Waals surface area (Å²) in [7, 11) is 0. The van der Waals surface area contributed by atoms with Gasteiger partial charge in [0, 0.05) is 0 Å². The van der Waals surface area contributed by atoms with E-state index in [1.807, 2.05) is 6.92 Å². The van der Waals surface area contributed by atoms with Crippen LogP contribution < -0.4 is 15.2 Å². The molecule has 2 rings (SSSR count). The number of rotatable bonds is 4. The second-order valence-electron chi connectivity index (χ2n) is 6.34. The van der Waals surface area contributed by atoms with Gasteiger partial charge in [-0.2, -0.15) is 9.97 Å². The summed E-state index contributed by atoms with van der Waals surface area (Å²) in [4.78, 5) is 12.1. The Morgan fingerprint density at radius 1 is 1.20 bits per heavy atom. The van der Waals surface area contributed by atoms with Crippen molar-refractivity contribution in [3.63, 3.8) is 0 Å². The minimum absolute atomic E-state index is 0.116. The van der Waals surface area contributed by atoms with Gasteiger partial charge in [0.15, 0.2) is 0 Å². The molecule has 20 heavy (non-hydrogen) atoms. The van der Waals surface area contributed by atoms with Crippen LogP contribution in [0, 0.1) is 11.3 Å². The zero-order valence-corrected chi connectivity index (χ0v) is 12.7. The van der Waals surface area contributed by atoms with Gasteiger partial charge in [-0.25, -0.2) is 0 Å². The number of hydrogen-bond acceptors (Lipinski definition) is 6. The van der Waals surface area contributed by atoms with Crippen LogP contribution in [0.3, 0.4) is 0 Å². The number of nitrogen functional groups attached to an aromatic ring is 1. The molecule has 1 fully saturated rings. The first kappa shape index (κ1) is 14.8. The van der Waals surface area contributed by atoms with Gasteiger partial charge < -0.3 is 15.2 Å². The van der Waals surface area contributed by atoms with Crippen LogP contribution in [-0.2, 0) is 0 Å². The standard InChI is InChI=1S/C14H24N4O2/c1-5-19-12-16-11(15)17-13(18-12)20-10-6-9(2)7-14(3,4)8-10/h9-10H,5-8H2,1-4H3,(H2,15,16,17,18). The Bertz CT molecular complexity index is 464. The van der Waals surface area contributed by atoms with E-state index in [-0.39, 0.29) is 29.5 Å². The Kier molecular flexibility index (Phi) is 4.30. The molecular weight excluding hydrogens is 256 g/mol. The van der Waals surface area contributed by atoms with Gasteiger partial charge in [0.25, 0.3) is 0 Å². The van der Waals surface area contributed by atoms with Gasteiger partial charge in [-0.05, 0) is 37.5 Å². The summed E-state index contributed by atoms with van der Waals surface area (Å²) < 4.78 is 11.2. The van der Waals surface area contributed by atoms with E-state index < -0.39 is 0 Å². The van der Waals surface area contributed by atoms with Crippen molar-refractivity contribution >= 4 is 5.95 Å². The summed E-state index contributed by atoms with van der Waals surface area (Å²) in [6.07, 6.45) is 3.34. The van der Waals surface area contributed by atoms with Crippen LogP contribution in [0.25, 0.3) is 0 Å². The van der Waals surface area contributed by atoms with E-state index in [0.29, 0.717) is 12.5 Å². The molecule has 2 N–H and O–H groups in total. The van der Waals surface area contributed by atoms with Gasteiger partial charge in [-0.15, -0.1) is 4.98 Å². The van der Waals surface area contributed by atoms with Gasteiger partial charge in [-0.3, -0.25) is 0 Å². The number of anilines is 1. The molecule has 1 aliphatic rings. The lowest BCUT2D eigenvalue weighted by Crippen LogP contribution is -2.34. The Hall–Kier alpha value is -1.59. The molecule has 1 aromatic rings. The lowest BCUT2D eigenvalue weighted by molar-refractivity contribution is 0.0493. The fraction of sp³-hybridized carbons (Fsp3) is 0.786. The minimum Gasteiger partial charge on any atom is -0.464 e. The maximum absolute atomic E-state index is 5.91. The number of ether oxygens (including phenoxy) is 2. The smallest absolute Gasteiger partial charge is 0.324 e. The van der Waals surface area contributed by atoms with E-state index in [4.69, 9.17) is 15.2 Å². The SMILES string of the molecule is CCOc1nc(N)nc(OC2CC(C)CC(C)(C)C2)n1. The molecule has 1 heterocycles. The van der Waals surface area contributed by atoms with E-state index in [2.05, 4.69) is 35.7 Å². The van der Waals surface area contributed by atoms with Crippen LogP contribution in [0.4, 0.5) is 5.95 Å². The molecule has 2 atom stereocenters. The van der Waals surface area contributed by atoms with E-state index >= 15 is 0 Å². The maximum Gasteiger partial charge on any atom is 0.324 e. The summed E-state index contributed by atoms with van der Waals surface area (Å²) in [5.41, 5.74) is 5.93. The fourth-order valence-corrected chi connectivity index (χ4v) is 3.10. The van der Waals surface area contributed by atoms with Gasteiger partial charge in [0.1, 0.15) is 6.10 Å². The van der Waals surface area contributed by atoms with E-state index in [1.165, 1.54) is 6.42 Å². The maximum atomic E-state index is 5.91. The van der Waals surface area contributed by atoms with E-state index in [1.54, 1.807) is 0 Å². The highest BCUT2D eigenvalue weighted by atomic mass is 16.5. The third-order valence-corrected chi connectivity index (χ3v) is 3.50.